The SMILES string of the molecule is COC(=O)C(NC1CC1)c1ccc(F)cc1F. The molecule has 1 N–H and O–H groups in total. The Kier molecular flexibility index (Phi) is 3.38. The van der Waals surface area contributed by atoms with E-state index in [2.05, 4.69) is 10.1 Å². The predicted octanol–water partition coefficient (Wildman–Crippen LogP) is 1.93. The smallest absolute Gasteiger partial charge is 0.327 e. The fourth-order valence-corrected chi connectivity index (χ4v) is 1.62. The minimum Gasteiger partial charge on any atom is -0.468 e. The third-order valence-electron chi connectivity index (χ3n) is 2.69. The molecular formula is C12H13F2NO2. The van der Waals surface area contributed by atoms with E-state index in [4.69, 9.17) is 0 Å². The van der Waals surface area contributed by atoms with Gasteiger partial charge >= 0.3 is 5.97 Å². The number of hydrogen-bond donors (Lipinski definition) is 1. The number of nitrogens with one attached hydrogen (secondary N) is 1. The van der Waals surface area contributed by atoms with Crippen LogP contribution in [0.25, 0.3) is 0 Å². The Hall–Kier alpha value is -1.49. The van der Waals surface area contributed by atoms with Crippen LogP contribution in [0.15, 0.2) is 18.2 Å². The summed E-state index contributed by atoms with van der Waals surface area (Å²) in [5.74, 6) is -1.97. The molecule has 1 atom stereocenters. The van der Waals surface area contributed by atoms with Crippen LogP contribution >= 0.6 is 0 Å². The average Bonchev–Trinajstić information content (AvgIpc) is 3.10. The highest BCUT2D eigenvalue weighted by atomic mass is 19.1. The van der Waals surface area contributed by atoms with E-state index in [-0.39, 0.29) is 11.6 Å². The molecule has 0 radical (unpaired) electrons. The standard InChI is InChI=1S/C12H13F2NO2/c1-17-12(16)11(15-8-3-4-8)9-5-2-7(13)6-10(9)14/h2,5-6,8,11,15H,3-4H2,1H3. The molecular weight excluding hydrogens is 228 g/mol. The van der Waals surface area contributed by atoms with Crippen LogP contribution in [0.1, 0.15) is 24.4 Å². The van der Waals surface area contributed by atoms with Crippen molar-refractivity contribution in [1.29, 1.82) is 0 Å². The van der Waals surface area contributed by atoms with E-state index in [1.165, 1.54) is 13.2 Å². The molecule has 0 heterocycles. The molecule has 1 unspecified atom stereocenters. The van der Waals surface area contributed by atoms with E-state index in [1.807, 2.05) is 0 Å². The molecule has 92 valence electrons. The maximum Gasteiger partial charge on any atom is 0.327 e. The molecule has 17 heavy (non-hydrogen) atoms. The van der Waals surface area contributed by atoms with E-state index >= 15 is 0 Å². The molecule has 1 aliphatic carbocycles. The molecule has 0 aliphatic heterocycles. The van der Waals surface area contributed by atoms with Crippen molar-refractivity contribution >= 4 is 5.97 Å². The van der Waals surface area contributed by atoms with Gasteiger partial charge in [-0.15, -0.1) is 0 Å². The minimum absolute atomic E-state index is 0.116. The van der Waals surface area contributed by atoms with E-state index in [1.54, 1.807) is 0 Å². The van der Waals surface area contributed by atoms with Gasteiger partial charge in [-0.1, -0.05) is 6.07 Å². The van der Waals surface area contributed by atoms with E-state index in [0.717, 1.165) is 25.0 Å². The summed E-state index contributed by atoms with van der Waals surface area (Å²) in [5.41, 5.74) is 0.116. The Labute approximate surface area is 97.8 Å². The summed E-state index contributed by atoms with van der Waals surface area (Å²) < 4.78 is 31.0. The zero-order valence-corrected chi connectivity index (χ0v) is 9.37. The van der Waals surface area contributed by atoms with Gasteiger partial charge in [-0.2, -0.15) is 0 Å². The zero-order valence-electron chi connectivity index (χ0n) is 9.37. The Morgan fingerprint density at radius 2 is 2.18 bits per heavy atom. The molecule has 0 saturated heterocycles. The molecule has 1 saturated carbocycles. The Morgan fingerprint density at radius 3 is 2.71 bits per heavy atom. The molecule has 0 amide bonds. The van der Waals surface area contributed by atoms with Crippen molar-refractivity contribution < 1.29 is 18.3 Å². The highest BCUT2D eigenvalue weighted by molar-refractivity contribution is 5.77. The largest absolute Gasteiger partial charge is 0.468 e. The number of carbonyl (C=O) groups is 1. The quantitative estimate of drug-likeness (QED) is 0.818. The van der Waals surface area contributed by atoms with Crippen molar-refractivity contribution in [3.8, 4) is 0 Å². The van der Waals surface area contributed by atoms with Crippen molar-refractivity contribution in [1.82, 2.24) is 5.32 Å². The van der Waals surface area contributed by atoms with Crippen LogP contribution in [-0.2, 0) is 9.53 Å². The lowest BCUT2D eigenvalue weighted by molar-refractivity contribution is -0.143. The van der Waals surface area contributed by atoms with Gasteiger partial charge in [0.15, 0.2) is 0 Å². The van der Waals surface area contributed by atoms with Crippen molar-refractivity contribution in [3.63, 3.8) is 0 Å². The summed E-state index contributed by atoms with van der Waals surface area (Å²) in [6.45, 7) is 0. The van der Waals surface area contributed by atoms with Crippen LogP contribution < -0.4 is 5.32 Å². The fourth-order valence-electron chi connectivity index (χ4n) is 1.62. The second kappa shape index (κ2) is 4.79. The Morgan fingerprint density at radius 1 is 1.47 bits per heavy atom. The number of hydrogen-bond acceptors (Lipinski definition) is 3. The first-order valence-corrected chi connectivity index (χ1v) is 5.40. The van der Waals surface area contributed by atoms with Gasteiger partial charge in [0, 0.05) is 17.7 Å². The first-order chi connectivity index (χ1) is 8.11. The normalized spacial score (nSPS) is 16.6. The van der Waals surface area contributed by atoms with Crippen LogP contribution in [0.4, 0.5) is 8.78 Å². The fraction of sp³-hybridized carbons (Fsp3) is 0.417. The average molecular weight is 241 g/mol. The topological polar surface area (TPSA) is 38.3 Å². The lowest BCUT2D eigenvalue weighted by Gasteiger charge is -2.17. The molecule has 1 aromatic carbocycles. The molecule has 1 aliphatic rings. The lowest BCUT2D eigenvalue weighted by atomic mass is 10.1. The van der Waals surface area contributed by atoms with Gasteiger partial charge in [-0.25, -0.2) is 13.6 Å². The third-order valence-corrected chi connectivity index (χ3v) is 2.69. The molecule has 1 aromatic rings. The maximum absolute atomic E-state index is 13.6. The summed E-state index contributed by atoms with van der Waals surface area (Å²) in [6.07, 6.45) is 1.91. The monoisotopic (exact) mass is 241 g/mol. The number of methoxy groups -OCH3 is 1. The van der Waals surface area contributed by atoms with Crippen LogP contribution in [0, 0.1) is 11.6 Å². The number of carbonyl (C=O) groups excluding carboxylic acids is 1. The summed E-state index contributed by atoms with van der Waals surface area (Å²) in [7, 11) is 1.24. The van der Waals surface area contributed by atoms with Crippen molar-refractivity contribution in [2.45, 2.75) is 24.9 Å². The van der Waals surface area contributed by atoms with Gasteiger partial charge in [0.05, 0.1) is 7.11 Å². The van der Waals surface area contributed by atoms with Crippen LogP contribution in [0.3, 0.4) is 0 Å². The van der Waals surface area contributed by atoms with Gasteiger partial charge < -0.3 is 4.74 Å². The lowest BCUT2D eigenvalue weighted by Crippen LogP contribution is -2.32. The zero-order chi connectivity index (χ0) is 12.4. The number of esters is 1. The summed E-state index contributed by atoms with van der Waals surface area (Å²) in [4.78, 5) is 11.6. The van der Waals surface area contributed by atoms with Gasteiger partial charge in [0.2, 0.25) is 0 Å². The molecule has 5 heteroatoms. The van der Waals surface area contributed by atoms with Crippen LogP contribution in [0.2, 0.25) is 0 Å². The molecule has 3 nitrogen and oxygen atoms in total. The number of benzene rings is 1. The summed E-state index contributed by atoms with van der Waals surface area (Å²) in [6, 6.07) is 2.50. The van der Waals surface area contributed by atoms with Gasteiger partial charge in [0.25, 0.3) is 0 Å². The van der Waals surface area contributed by atoms with Gasteiger partial charge in [-0.05, 0) is 18.9 Å². The van der Waals surface area contributed by atoms with E-state index in [0.29, 0.717) is 0 Å². The highest BCUT2D eigenvalue weighted by Gasteiger charge is 2.31. The van der Waals surface area contributed by atoms with E-state index in [9.17, 15) is 13.6 Å². The maximum atomic E-state index is 13.6. The number of ether oxygens (including phenoxy) is 1. The van der Waals surface area contributed by atoms with E-state index < -0.39 is 23.6 Å². The summed E-state index contributed by atoms with van der Waals surface area (Å²) in [5, 5.41) is 2.98. The van der Waals surface area contributed by atoms with Crippen LogP contribution in [0.5, 0.6) is 0 Å². The first kappa shape index (κ1) is 12.0. The van der Waals surface area contributed by atoms with Crippen LogP contribution in [-0.4, -0.2) is 19.1 Å². The Balaban J connectivity index is 2.26. The third kappa shape index (κ3) is 2.79. The second-order valence-corrected chi connectivity index (χ2v) is 4.06. The highest BCUT2D eigenvalue weighted by Crippen LogP contribution is 2.26. The van der Waals surface area contributed by atoms with Gasteiger partial charge in [-0.3, -0.25) is 5.32 Å². The van der Waals surface area contributed by atoms with Crippen molar-refractivity contribution in [2.24, 2.45) is 0 Å². The minimum atomic E-state index is -0.868. The first-order valence-electron chi connectivity index (χ1n) is 5.40. The Bertz CT molecular complexity index is 433. The number of halogens is 2. The summed E-state index contributed by atoms with van der Waals surface area (Å²) >= 11 is 0. The molecule has 2 rings (SSSR count). The molecule has 1 fully saturated rings. The molecule has 0 bridgehead atoms. The van der Waals surface area contributed by atoms with Crippen molar-refractivity contribution in [3.05, 3.63) is 35.4 Å². The predicted molar refractivity (Wildman–Crippen MR) is 57.3 cm³/mol. The molecule has 0 spiro atoms. The van der Waals surface area contributed by atoms with Gasteiger partial charge in [0.1, 0.15) is 17.7 Å². The molecule has 0 aromatic heterocycles. The number of rotatable bonds is 4. The second-order valence-electron chi connectivity index (χ2n) is 4.06. The van der Waals surface area contributed by atoms with Crippen molar-refractivity contribution in [2.75, 3.05) is 7.11 Å².